The maximum absolute atomic E-state index is 11.9. The topological polar surface area (TPSA) is 79.5 Å². The van der Waals surface area contributed by atoms with Crippen LogP contribution in [0.1, 0.15) is 18.1 Å². The first-order chi connectivity index (χ1) is 11.6. The summed E-state index contributed by atoms with van der Waals surface area (Å²) in [5, 5.41) is 8.11. The Morgan fingerprint density at radius 2 is 1.50 bits per heavy atom. The highest BCUT2D eigenvalue weighted by molar-refractivity contribution is 5.90. The Labute approximate surface area is 141 Å². The van der Waals surface area contributed by atoms with Gasteiger partial charge in [-0.2, -0.15) is 0 Å². The van der Waals surface area contributed by atoms with Crippen LogP contribution in [0.15, 0.2) is 48.5 Å². The second-order valence-corrected chi connectivity index (χ2v) is 5.22. The Balaban J connectivity index is 1.81. The molecule has 0 aliphatic rings. The van der Waals surface area contributed by atoms with Crippen molar-refractivity contribution in [2.45, 2.75) is 20.4 Å². The van der Waals surface area contributed by atoms with E-state index in [0.29, 0.717) is 24.5 Å². The first-order valence-electron chi connectivity index (χ1n) is 7.71. The number of hydrogen-bond acceptors (Lipinski definition) is 3. The van der Waals surface area contributed by atoms with Gasteiger partial charge in [0.2, 0.25) is 0 Å². The number of amides is 3. The third-order valence-corrected chi connectivity index (χ3v) is 3.24. The minimum atomic E-state index is -0.506. The van der Waals surface area contributed by atoms with E-state index in [0.717, 1.165) is 5.56 Å². The number of anilines is 2. The molecule has 0 saturated carbocycles. The Bertz CT molecular complexity index is 682. The molecule has 0 spiro atoms. The molecule has 0 aromatic heterocycles. The van der Waals surface area contributed by atoms with Crippen molar-refractivity contribution in [3.63, 3.8) is 0 Å². The number of carbonyl (C=O) groups is 2. The van der Waals surface area contributed by atoms with E-state index in [1.54, 1.807) is 31.2 Å². The number of hydrogen-bond donors (Lipinski definition) is 3. The van der Waals surface area contributed by atoms with Gasteiger partial charge in [0.15, 0.2) is 0 Å². The Kier molecular flexibility index (Phi) is 6.19. The molecule has 126 valence electrons. The van der Waals surface area contributed by atoms with Crippen LogP contribution in [0.5, 0.6) is 0 Å². The van der Waals surface area contributed by atoms with Crippen molar-refractivity contribution in [3.05, 3.63) is 59.7 Å². The molecule has 3 amide bonds. The molecular formula is C18H21N3O3. The van der Waals surface area contributed by atoms with Gasteiger partial charge in [-0.3, -0.25) is 5.32 Å². The van der Waals surface area contributed by atoms with E-state index in [1.807, 2.05) is 31.2 Å². The van der Waals surface area contributed by atoms with Crippen molar-refractivity contribution in [1.29, 1.82) is 0 Å². The van der Waals surface area contributed by atoms with E-state index in [4.69, 9.17) is 4.74 Å². The second-order valence-electron chi connectivity index (χ2n) is 5.22. The van der Waals surface area contributed by atoms with Crippen LogP contribution in [-0.4, -0.2) is 18.7 Å². The summed E-state index contributed by atoms with van der Waals surface area (Å²) in [4.78, 5) is 23.2. The maximum Gasteiger partial charge on any atom is 0.411 e. The highest BCUT2D eigenvalue weighted by Crippen LogP contribution is 2.13. The molecule has 3 N–H and O–H groups in total. The second kappa shape index (κ2) is 8.57. The molecule has 0 aliphatic carbocycles. The third-order valence-electron chi connectivity index (χ3n) is 3.24. The number of aryl methyl sites for hydroxylation is 1. The van der Waals surface area contributed by atoms with Crippen molar-refractivity contribution in [2.75, 3.05) is 17.2 Å². The highest BCUT2D eigenvalue weighted by atomic mass is 16.5. The molecule has 0 unspecified atom stereocenters. The molecule has 0 fully saturated rings. The van der Waals surface area contributed by atoms with Crippen LogP contribution in [0.4, 0.5) is 21.0 Å². The van der Waals surface area contributed by atoms with Crippen LogP contribution < -0.4 is 16.0 Å². The molecule has 2 rings (SSSR count). The first-order valence-corrected chi connectivity index (χ1v) is 7.71. The largest absolute Gasteiger partial charge is 0.450 e. The average molecular weight is 327 g/mol. The van der Waals surface area contributed by atoms with Gasteiger partial charge in [-0.05, 0) is 43.7 Å². The predicted octanol–water partition coefficient (Wildman–Crippen LogP) is 3.89. The van der Waals surface area contributed by atoms with E-state index in [2.05, 4.69) is 16.0 Å². The molecular weight excluding hydrogens is 306 g/mol. The van der Waals surface area contributed by atoms with Gasteiger partial charge >= 0.3 is 12.1 Å². The van der Waals surface area contributed by atoms with E-state index >= 15 is 0 Å². The van der Waals surface area contributed by atoms with Gasteiger partial charge in [-0.15, -0.1) is 0 Å². The summed E-state index contributed by atoms with van der Waals surface area (Å²) in [5.74, 6) is 0. The summed E-state index contributed by atoms with van der Waals surface area (Å²) in [6.45, 7) is 4.52. The zero-order valence-electron chi connectivity index (χ0n) is 13.8. The summed E-state index contributed by atoms with van der Waals surface area (Å²) < 4.78 is 4.79. The maximum atomic E-state index is 11.9. The van der Waals surface area contributed by atoms with E-state index < -0.39 is 6.09 Å². The van der Waals surface area contributed by atoms with Crippen molar-refractivity contribution < 1.29 is 14.3 Å². The van der Waals surface area contributed by atoms with Gasteiger partial charge in [0.05, 0.1) is 6.61 Å². The van der Waals surface area contributed by atoms with Gasteiger partial charge in [-0.1, -0.05) is 29.8 Å². The van der Waals surface area contributed by atoms with E-state index in [9.17, 15) is 9.59 Å². The zero-order chi connectivity index (χ0) is 17.4. The van der Waals surface area contributed by atoms with Gasteiger partial charge in [-0.25, -0.2) is 9.59 Å². The molecule has 6 heteroatoms. The fourth-order valence-corrected chi connectivity index (χ4v) is 1.99. The number of urea groups is 1. The molecule has 2 aromatic rings. The molecule has 24 heavy (non-hydrogen) atoms. The van der Waals surface area contributed by atoms with Crippen molar-refractivity contribution in [3.8, 4) is 0 Å². The standard InChI is InChI=1S/C18H21N3O3/c1-3-24-18(23)21-16-10-8-15(9-11-16)20-17(22)19-12-14-6-4-13(2)5-7-14/h4-11H,3,12H2,1-2H3,(H,21,23)(H2,19,20,22). The van der Waals surface area contributed by atoms with Crippen molar-refractivity contribution in [2.24, 2.45) is 0 Å². The number of rotatable bonds is 5. The predicted molar refractivity (Wildman–Crippen MR) is 94.1 cm³/mol. The lowest BCUT2D eigenvalue weighted by molar-refractivity contribution is 0.168. The van der Waals surface area contributed by atoms with Gasteiger partial charge in [0.25, 0.3) is 0 Å². The summed E-state index contributed by atoms with van der Waals surface area (Å²) in [6.07, 6.45) is -0.506. The molecule has 0 saturated heterocycles. The van der Waals surface area contributed by atoms with Crippen LogP contribution in [0.3, 0.4) is 0 Å². The minimum Gasteiger partial charge on any atom is -0.450 e. The lowest BCUT2D eigenvalue weighted by Crippen LogP contribution is -2.28. The van der Waals surface area contributed by atoms with Gasteiger partial charge in [0.1, 0.15) is 0 Å². The van der Waals surface area contributed by atoms with Crippen LogP contribution in [0, 0.1) is 6.92 Å². The highest BCUT2D eigenvalue weighted by Gasteiger charge is 2.04. The normalized spacial score (nSPS) is 9.92. The smallest absolute Gasteiger partial charge is 0.411 e. The molecule has 2 aromatic carbocycles. The monoisotopic (exact) mass is 327 g/mol. The number of benzene rings is 2. The molecule has 6 nitrogen and oxygen atoms in total. The first kappa shape index (κ1) is 17.3. The average Bonchev–Trinajstić information content (AvgIpc) is 2.56. The van der Waals surface area contributed by atoms with Crippen LogP contribution in [-0.2, 0) is 11.3 Å². The number of nitrogens with one attached hydrogen (secondary N) is 3. The van der Waals surface area contributed by atoms with Crippen LogP contribution >= 0.6 is 0 Å². The molecule has 0 radical (unpaired) electrons. The zero-order valence-corrected chi connectivity index (χ0v) is 13.8. The number of carbonyl (C=O) groups excluding carboxylic acids is 2. The fraction of sp³-hybridized carbons (Fsp3) is 0.222. The van der Waals surface area contributed by atoms with Crippen molar-refractivity contribution in [1.82, 2.24) is 5.32 Å². The SMILES string of the molecule is CCOC(=O)Nc1ccc(NC(=O)NCc2ccc(C)cc2)cc1. The Morgan fingerprint density at radius 1 is 0.917 bits per heavy atom. The van der Waals surface area contributed by atoms with Gasteiger partial charge in [0, 0.05) is 17.9 Å². The van der Waals surface area contributed by atoms with E-state index in [1.165, 1.54) is 5.56 Å². The summed E-state index contributed by atoms with van der Waals surface area (Å²) >= 11 is 0. The molecule has 0 aliphatic heterocycles. The molecule has 0 heterocycles. The Morgan fingerprint density at radius 3 is 2.08 bits per heavy atom. The lowest BCUT2D eigenvalue weighted by atomic mass is 10.1. The fourth-order valence-electron chi connectivity index (χ4n) is 1.99. The van der Waals surface area contributed by atoms with Crippen molar-refractivity contribution >= 4 is 23.5 Å². The van der Waals surface area contributed by atoms with Gasteiger partial charge < -0.3 is 15.4 Å². The lowest BCUT2D eigenvalue weighted by Gasteiger charge is -2.09. The summed E-state index contributed by atoms with van der Waals surface area (Å²) in [6, 6.07) is 14.5. The van der Waals surface area contributed by atoms with E-state index in [-0.39, 0.29) is 6.03 Å². The Hall–Kier alpha value is -3.02. The summed E-state index contributed by atoms with van der Waals surface area (Å²) in [5.41, 5.74) is 3.44. The molecule has 0 atom stereocenters. The molecule has 0 bridgehead atoms. The quantitative estimate of drug-likeness (QED) is 0.779. The minimum absolute atomic E-state index is 0.290. The number of ether oxygens (including phenoxy) is 1. The van der Waals surface area contributed by atoms with Crippen LogP contribution in [0.2, 0.25) is 0 Å². The third kappa shape index (κ3) is 5.64. The summed E-state index contributed by atoms with van der Waals surface area (Å²) in [7, 11) is 0. The van der Waals surface area contributed by atoms with Crippen LogP contribution in [0.25, 0.3) is 0 Å².